The maximum absolute atomic E-state index is 13.2. The molecule has 8 heteroatoms. The van der Waals surface area contributed by atoms with Gasteiger partial charge in [-0.3, -0.25) is 14.4 Å². The van der Waals surface area contributed by atoms with E-state index in [4.69, 9.17) is 11.6 Å². The molecule has 6 nitrogen and oxygen atoms in total. The Bertz CT molecular complexity index is 1520. The highest BCUT2D eigenvalue weighted by atomic mass is 35.5. The highest BCUT2D eigenvalue weighted by Crippen LogP contribution is 2.22. The fourth-order valence-electron chi connectivity index (χ4n) is 3.80. The number of halogens is 1. The molecule has 3 amide bonds. The molecule has 3 N–H and O–H groups in total. The molecule has 4 rings (SSSR count). The molecule has 0 aliphatic rings. The first-order chi connectivity index (χ1) is 19.8. The summed E-state index contributed by atoms with van der Waals surface area (Å²) in [6.45, 7) is 4.25. The third-order valence-corrected chi connectivity index (χ3v) is 7.32. The summed E-state index contributed by atoms with van der Waals surface area (Å²) < 4.78 is 0. The van der Waals surface area contributed by atoms with E-state index in [1.54, 1.807) is 66.7 Å². The monoisotopic (exact) mass is 583 g/mol. The van der Waals surface area contributed by atoms with Gasteiger partial charge in [0.2, 0.25) is 5.91 Å². The Morgan fingerprint density at radius 2 is 1.39 bits per heavy atom. The molecule has 0 bridgehead atoms. The summed E-state index contributed by atoms with van der Waals surface area (Å²) in [6, 6.07) is 30.6. The number of amides is 3. The van der Waals surface area contributed by atoms with Gasteiger partial charge in [-0.15, -0.1) is 11.8 Å². The van der Waals surface area contributed by atoms with Gasteiger partial charge < -0.3 is 16.0 Å². The first-order valence-electron chi connectivity index (χ1n) is 13.0. The van der Waals surface area contributed by atoms with E-state index in [1.165, 1.54) is 17.3 Å². The van der Waals surface area contributed by atoms with Crippen molar-refractivity contribution in [3.8, 4) is 0 Å². The van der Waals surface area contributed by atoms with Crippen molar-refractivity contribution in [3.63, 3.8) is 0 Å². The van der Waals surface area contributed by atoms with Crippen molar-refractivity contribution < 1.29 is 14.4 Å². The standard InChI is InChI=1S/C33H30ClN3O3S/c1-22(2)24-10-14-27(15-11-24)35-31(38)21-41-29-18-16-28(17-19-29)36-33(40)30(20-23-8-12-26(34)13-9-23)37-32(39)25-6-4-3-5-7-25/h3-20,22H,21H2,1-2H3,(H,35,38)(H,36,40)(H,37,39)/b30-20-. The first-order valence-corrected chi connectivity index (χ1v) is 14.4. The molecule has 4 aromatic rings. The van der Waals surface area contributed by atoms with Crippen LogP contribution < -0.4 is 16.0 Å². The predicted octanol–water partition coefficient (Wildman–Crippen LogP) is 7.60. The second-order valence-electron chi connectivity index (χ2n) is 9.52. The minimum Gasteiger partial charge on any atom is -0.325 e. The number of nitrogens with one attached hydrogen (secondary N) is 3. The molecule has 0 spiro atoms. The molecular weight excluding hydrogens is 554 g/mol. The van der Waals surface area contributed by atoms with Gasteiger partial charge in [-0.25, -0.2) is 0 Å². The molecule has 4 aromatic carbocycles. The number of hydrogen-bond donors (Lipinski definition) is 3. The highest BCUT2D eigenvalue weighted by molar-refractivity contribution is 8.00. The minimum atomic E-state index is -0.479. The van der Waals surface area contributed by atoms with Crippen molar-refractivity contribution in [2.75, 3.05) is 16.4 Å². The van der Waals surface area contributed by atoms with Gasteiger partial charge in [0.25, 0.3) is 11.8 Å². The Labute approximate surface area is 249 Å². The lowest BCUT2D eigenvalue weighted by Gasteiger charge is -2.12. The van der Waals surface area contributed by atoms with Crippen molar-refractivity contribution in [3.05, 3.63) is 131 Å². The molecule has 208 valence electrons. The summed E-state index contributed by atoms with van der Waals surface area (Å²) in [5.74, 6) is -0.302. The van der Waals surface area contributed by atoms with Gasteiger partial charge in [0.1, 0.15) is 5.70 Å². The Hall–Kier alpha value is -4.33. The van der Waals surface area contributed by atoms with E-state index in [9.17, 15) is 14.4 Å². The summed E-state index contributed by atoms with van der Waals surface area (Å²) in [4.78, 5) is 39.3. The van der Waals surface area contributed by atoms with E-state index in [-0.39, 0.29) is 17.4 Å². The fourth-order valence-corrected chi connectivity index (χ4v) is 4.62. The van der Waals surface area contributed by atoms with Gasteiger partial charge in [0.05, 0.1) is 5.75 Å². The topological polar surface area (TPSA) is 87.3 Å². The third-order valence-electron chi connectivity index (χ3n) is 6.05. The van der Waals surface area contributed by atoms with Crippen LogP contribution >= 0.6 is 23.4 Å². The molecule has 0 aromatic heterocycles. The van der Waals surface area contributed by atoms with Crippen LogP contribution in [0.1, 0.15) is 41.3 Å². The largest absolute Gasteiger partial charge is 0.325 e. The van der Waals surface area contributed by atoms with Gasteiger partial charge >= 0.3 is 0 Å². The maximum atomic E-state index is 13.2. The molecule has 0 atom stereocenters. The molecular formula is C33H30ClN3O3S. The van der Waals surface area contributed by atoms with E-state index < -0.39 is 11.8 Å². The molecule has 0 radical (unpaired) electrons. The van der Waals surface area contributed by atoms with Gasteiger partial charge in [0.15, 0.2) is 0 Å². The Balaban J connectivity index is 1.37. The average molecular weight is 584 g/mol. The van der Waals surface area contributed by atoms with E-state index in [0.29, 0.717) is 27.8 Å². The Kier molecular flexibility index (Phi) is 10.4. The van der Waals surface area contributed by atoms with Crippen LogP contribution in [-0.4, -0.2) is 23.5 Å². The summed E-state index contributed by atoms with van der Waals surface area (Å²) in [5, 5.41) is 9.03. The van der Waals surface area contributed by atoms with E-state index in [1.807, 2.05) is 42.5 Å². The smallest absolute Gasteiger partial charge is 0.272 e. The molecule has 0 saturated heterocycles. The Morgan fingerprint density at radius 1 is 0.780 bits per heavy atom. The summed E-state index contributed by atoms with van der Waals surface area (Å²) in [7, 11) is 0. The quantitative estimate of drug-likeness (QED) is 0.132. The molecule has 0 heterocycles. The second kappa shape index (κ2) is 14.3. The van der Waals surface area contributed by atoms with Crippen LogP contribution in [0.4, 0.5) is 11.4 Å². The normalized spacial score (nSPS) is 11.2. The number of carbonyl (C=O) groups is 3. The molecule has 0 fully saturated rings. The summed E-state index contributed by atoms with van der Waals surface area (Å²) in [5.41, 5.74) is 3.74. The highest BCUT2D eigenvalue weighted by Gasteiger charge is 2.15. The molecule has 41 heavy (non-hydrogen) atoms. The third kappa shape index (κ3) is 9.10. The van der Waals surface area contributed by atoms with Gasteiger partial charge in [-0.2, -0.15) is 0 Å². The number of anilines is 2. The Morgan fingerprint density at radius 3 is 2.02 bits per heavy atom. The maximum Gasteiger partial charge on any atom is 0.272 e. The summed E-state index contributed by atoms with van der Waals surface area (Å²) in [6.07, 6.45) is 1.59. The van der Waals surface area contributed by atoms with Gasteiger partial charge in [-0.05, 0) is 83.8 Å². The zero-order valence-corrected chi connectivity index (χ0v) is 24.3. The van der Waals surface area contributed by atoms with Crippen LogP contribution in [-0.2, 0) is 9.59 Å². The first kappa shape index (κ1) is 29.6. The van der Waals surface area contributed by atoms with Crippen molar-refractivity contribution in [2.24, 2.45) is 0 Å². The van der Waals surface area contributed by atoms with Crippen molar-refractivity contribution >= 4 is 58.5 Å². The van der Waals surface area contributed by atoms with Crippen LogP contribution in [0.3, 0.4) is 0 Å². The second-order valence-corrected chi connectivity index (χ2v) is 11.0. The van der Waals surface area contributed by atoms with Crippen molar-refractivity contribution in [2.45, 2.75) is 24.7 Å². The number of hydrogen-bond acceptors (Lipinski definition) is 4. The number of benzene rings is 4. The van der Waals surface area contributed by atoms with Crippen molar-refractivity contribution in [1.82, 2.24) is 5.32 Å². The van der Waals surface area contributed by atoms with Crippen LogP contribution in [0, 0.1) is 0 Å². The number of thioether (sulfide) groups is 1. The molecule has 0 saturated carbocycles. The van der Waals surface area contributed by atoms with Gasteiger partial charge in [0, 0.05) is 26.9 Å². The van der Waals surface area contributed by atoms with Crippen LogP contribution in [0.15, 0.2) is 114 Å². The van der Waals surface area contributed by atoms with E-state index >= 15 is 0 Å². The minimum absolute atomic E-state index is 0.0812. The molecule has 0 aliphatic carbocycles. The van der Waals surface area contributed by atoms with Crippen LogP contribution in [0.5, 0.6) is 0 Å². The summed E-state index contributed by atoms with van der Waals surface area (Å²) >= 11 is 7.39. The zero-order chi connectivity index (χ0) is 29.2. The predicted molar refractivity (Wildman–Crippen MR) is 168 cm³/mol. The molecule has 0 unspecified atom stereocenters. The number of carbonyl (C=O) groups excluding carboxylic acids is 3. The van der Waals surface area contributed by atoms with Crippen LogP contribution in [0.2, 0.25) is 5.02 Å². The SMILES string of the molecule is CC(C)c1ccc(NC(=O)CSc2ccc(NC(=O)/C(=C/c3ccc(Cl)cc3)NC(=O)c3ccccc3)cc2)cc1. The lowest BCUT2D eigenvalue weighted by molar-refractivity contribution is -0.114. The van der Waals surface area contributed by atoms with E-state index in [2.05, 4.69) is 29.8 Å². The zero-order valence-electron chi connectivity index (χ0n) is 22.7. The lowest BCUT2D eigenvalue weighted by atomic mass is 10.0. The average Bonchev–Trinajstić information content (AvgIpc) is 2.98. The van der Waals surface area contributed by atoms with Crippen LogP contribution in [0.25, 0.3) is 6.08 Å². The van der Waals surface area contributed by atoms with E-state index in [0.717, 1.165) is 10.6 Å². The molecule has 0 aliphatic heterocycles. The number of rotatable bonds is 10. The van der Waals surface area contributed by atoms with Gasteiger partial charge in [-0.1, -0.05) is 67.9 Å². The lowest BCUT2D eigenvalue weighted by Crippen LogP contribution is -2.30. The fraction of sp³-hybridized carbons (Fsp3) is 0.121. The van der Waals surface area contributed by atoms with Crippen molar-refractivity contribution in [1.29, 1.82) is 0 Å².